The van der Waals surface area contributed by atoms with Crippen molar-refractivity contribution in [3.63, 3.8) is 0 Å². The molecule has 3 nitrogen and oxygen atoms in total. The first kappa shape index (κ1) is 17.9. The molecule has 0 bridgehead atoms. The Labute approximate surface area is 159 Å². The third kappa shape index (κ3) is 4.21. The fourth-order valence-corrected chi connectivity index (χ4v) is 3.80. The van der Waals surface area contributed by atoms with Crippen LogP contribution in [-0.4, -0.2) is 27.5 Å². The Bertz CT molecular complexity index is 832. The van der Waals surface area contributed by atoms with E-state index in [0.717, 1.165) is 11.1 Å². The molecule has 2 aromatic carbocycles. The highest BCUT2D eigenvalue weighted by Gasteiger charge is 2.21. The lowest BCUT2D eigenvalue weighted by Gasteiger charge is -2.16. The molecule has 1 aliphatic heterocycles. The monoisotopic (exact) mass is 392 g/mol. The Morgan fingerprint density at radius 3 is 1.68 bits per heavy atom. The van der Waals surface area contributed by atoms with Gasteiger partial charge in [-0.05, 0) is 47.5 Å². The summed E-state index contributed by atoms with van der Waals surface area (Å²) < 4.78 is 0. The van der Waals surface area contributed by atoms with Gasteiger partial charge in [0.25, 0.3) is 0 Å². The molecule has 2 N–H and O–H groups in total. The van der Waals surface area contributed by atoms with E-state index in [0.29, 0.717) is 22.7 Å². The highest BCUT2D eigenvalue weighted by molar-refractivity contribution is 7.99. The Balaban J connectivity index is 1.89. The largest absolute Gasteiger partial charge is 0.506 e. The van der Waals surface area contributed by atoms with Crippen LogP contribution in [0.15, 0.2) is 47.5 Å². The van der Waals surface area contributed by atoms with Gasteiger partial charge in [-0.3, -0.25) is 4.79 Å². The van der Waals surface area contributed by atoms with Crippen LogP contribution >= 0.6 is 35.0 Å². The highest BCUT2D eigenvalue weighted by atomic mass is 35.5. The standard InChI is InChI=1S/C19H14Cl2O3S/c20-15-7-11(1-3-17(15)22)5-13-9-25-10-14(19(13)24)6-12-2-4-18(23)16(21)8-12/h1-8,22-23H,9-10H2. The summed E-state index contributed by atoms with van der Waals surface area (Å²) >= 11 is 13.5. The van der Waals surface area contributed by atoms with Crippen LogP contribution in [0.4, 0.5) is 0 Å². The molecular weight excluding hydrogens is 379 g/mol. The van der Waals surface area contributed by atoms with Crippen LogP contribution in [0.5, 0.6) is 11.5 Å². The molecule has 0 unspecified atom stereocenters. The van der Waals surface area contributed by atoms with Crippen molar-refractivity contribution < 1.29 is 15.0 Å². The number of phenols is 2. The number of ketones is 1. The minimum absolute atomic E-state index is 0.0120. The van der Waals surface area contributed by atoms with Crippen LogP contribution in [0.25, 0.3) is 12.2 Å². The number of hydrogen-bond donors (Lipinski definition) is 2. The number of phenolic OH excluding ortho intramolecular Hbond substituents is 2. The molecule has 1 fully saturated rings. The van der Waals surface area contributed by atoms with Crippen LogP contribution in [0.2, 0.25) is 10.0 Å². The minimum atomic E-state index is -0.0212. The molecule has 0 amide bonds. The summed E-state index contributed by atoms with van der Waals surface area (Å²) in [7, 11) is 0. The van der Waals surface area contributed by atoms with Crippen LogP contribution in [0.1, 0.15) is 11.1 Å². The topological polar surface area (TPSA) is 57.5 Å². The molecule has 0 saturated carbocycles. The summed E-state index contributed by atoms with van der Waals surface area (Å²) in [6.07, 6.45) is 3.58. The van der Waals surface area contributed by atoms with Crippen molar-refractivity contribution in [3.05, 3.63) is 68.7 Å². The van der Waals surface area contributed by atoms with Crippen LogP contribution in [-0.2, 0) is 4.79 Å². The molecule has 3 rings (SSSR count). The van der Waals surface area contributed by atoms with Gasteiger partial charge in [0.1, 0.15) is 11.5 Å². The highest BCUT2D eigenvalue weighted by Crippen LogP contribution is 2.30. The van der Waals surface area contributed by atoms with Gasteiger partial charge in [0, 0.05) is 22.7 Å². The van der Waals surface area contributed by atoms with Crippen LogP contribution < -0.4 is 0 Å². The van der Waals surface area contributed by atoms with E-state index >= 15 is 0 Å². The van der Waals surface area contributed by atoms with Crippen LogP contribution in [0.3, 0.4) is 0 Å². The number of rotatable bonds is 2. The zero-order valence-electron chi connectivity index (χ0n) is 13.0. The SMILES string of the molecule is O=C1C(=Cc2ccc(O)c(Cl)c2)CSCC1=Cc1ccc(O)c(Cl)c1. The van der Waals surface area contributed by atoms with E-state index in [2.05, 4.69) is 0 Å². The third-order valence-corrected chi connectivity index (χ3v) is 5.36. The number of carbonyl (C=O) groups is 1. The van der Waals surface area contributed by atoms with Crippen LogP contribution in [0, 0.1) is 0 Å². The zero-order valence-corrected chi connectivity index (χ0v) is 15.3. The quantitative estimate of drug-likeness (QED) is 0.690. The Morgan fingerprint density at radius 2 is 1.28 bits per heavy atom. The molecule has 1 saturated heterocycles. The number of carbonyl (C=O) groups excluding carboxylic acids is 1. The summed E-state index contributed by atoms with van der Waals surface area (Å²) in [5.41, 5.74) is 2.88. The number of hydrogen-bond acceptors (Lipinski definition) is 4. The van der Waals surface area contributed by atoms with Crippen molar-refractivity contribution in [2.75, 3.05) is 11.5 Å². The molecule has 1 aliphatic rings. The van der Waals surface area contributed by atoms with Crippen molar-refractivity contribution in [2.45, 2.75) is 0 Å². The Kier molecular flexibility index (Phi) is 5.42. The molecule has 1 heterocycles. The average molecular weight is 393 g/mol. The third-order valence-electron chi connectivity index (χ3n) is 3.72. The normalized spacial score (nSPS) is 18.1. The van der Waals surface area contributed by atoms with Gasteiger partial charge in [-0.1, -0.05) is 35.3 Å². The lowest BCUT2D eigenvalue weighted by atomic mass is 10.0. The molecule has 0 atom stereocenters. The zero-order chi connectivity index (χ0) is 18.0. The van der Waals surface area contributed by atoms with E-state index in [1.807, 2.05) is 0 Å². The van der Waals surface area contributed by atoms with Gasteiger partial charge >= 0.3 is 0 Å². The van der Waals surface area contributed by atoms with Gasteiger partial charge in [-0.25, -0.2) is 0 Å². The molecule has 25 heavy (non-hydrogen) atoms. The van der Waals surface area contributed by atoms with E-state index in [4.69, 9.17) is 23.2 Å². The van der Waals surface area contributed by atoms with Crippen molar-refractivity contribution >= 4 is 52.9 Å². The van der Waals surface area contributed by atoms with E-state index in [-0.39, 0.29) is 27.3 Å². The van der Waals surface area contributed by atoms with Gasteiger partial charge in [0.15, 0.2) is 5.78 Å². The predicted octanol–water partition coefficient (Wildman–Crippen LogP) is 5.19. The molecule has 0 spiro atoms. The van der Waals surface area contributed by atoms with E-state index < -0.39 is 0 Å². The first-order chi connectivity index (χ1) is 11.9. The summed E-state index contributed by atoms with van der Waals surface area (Å²) in [5, 5.41) is 19.5. The summed E-state index contributed by atoms with van der Waals surface area (Å²) in [6.45, 7) is 0. The minimum Gasteiger partial charge on any atom is -0.506 e. The summed E-state index contributed by atoms with van der Waals surface area (Å²) in [4.78, 5) is 12.7. The fraction of sp³-hybridized carbons (Fsp3) is 0.105. The lowest BCUT2D eigenvalue weighted by Crippen LogP contribution is -2.16. The number of halogens is 2. The number of Topliss-reactive ketones (excluding diaryl/α,β-unsaturated/α-hetero) is 1. The van der Waals surface area contributed by atoms with Crippen molar-refractivity contribution in [1.82, 2.24) is 0 Å². The lowest BCUT2D eigenvalue weighted by molar-refractivity contribution is -0.112. The van der Waals surface area contributed by atoms with Gasteiger partial charge < -0.3 is 10.2 Å². The smallest absolute Gasteiger partial charge is 0.186 e. The average Bonchev–Trinajstić information content (AvgIpc) is 2.58. The molecular formula is C19H14Cl2O3S. The predicted molar refractivity (Wildman–Crippen MR) is 105 cm³/mol. The van der Waals surface area contributed by atoms with E-state index in [1.165, 1.54) is 12.1 Å². The Morgan fingerprint density at radius 1 is 0.840 bits per heavy atom. The first-order valence-electron chi connectivity index (χ1n) is 7.44. The second-order valence-electron chi connectivity index (χ2n) is 5.58. The van der Waals surface area contributed by atoms with Crippen molar-refractivity contribution in [1.29, 1.82) is 0 Å². The number of thioether (sulfide) groups is 1. The number of aromatic hydroxyl groups is 2. The molecule has 0 radical (unpaired) electrons. The van der Waals surface area contributed by atoms with E-state index in [1.54, 1.807) is 48.2 Å². The van der Waals surface area contributed by atoms with Gasteiger partial charge in [0.05, 0.1) is 10.0 Å². The second-order valence-corrected chi connectivity index (χ2v) is 7.38. The molecule has 0 aliphatic carbocycles. The summed E-state index contributed by atoms with van der Waals surface area (Å²) in [6, 6.07) is 9.68. The first-order valence-corrected chi connectivity index (χ1v) is 9.36. The maximum Gasteiger partial charge on any atom is 0.186 e. The van der Waals surface area contributed by atoms with E-state index in [9.17, 15) is 15.0 Å². The second kappa shape index (κ2) is 7.56. The molecule has 6 heteroatoms. The number of benzene rings is 2. The maximum atomic E-state index is 12.7. The van der Waals surface area contributed by atoms with Crippen molar-refractivity contribution in [3.8, 4) is 11.5 Å². The van der Waals surface area contributed by atoms with Gasteiger partial charge in [-0.2, -0.15) is 11.8 Å². The molecule has 128 valence electrons. The molecule has 2 aromatic rings. The summed E-state index contributed by atoms with van der Waals surface area (Å²) in [5.74, 6) is 1.23. The molecule has 0 aromatic heterocycles. The van der Waals surface area contributed by atoms with Crippen molar-refractivity contribution in [2.24, 2.45) is 0 Å². The maximum absolute atomic E-state index is 12.7. The van der Waals surface area contributed by atoms with Gasteiger partial charge in [-0.15, -0.1) is 0 Å². The fourth-order valence-electron chi connectivity index (χ4n) is 2.45. The Hall–Kier alpha value is -1.88. The van der Waals surface area contributed by atoms with Gasteiger partial charge in [0.2, 0.25) is 0 Å².